The van der Waals surface area contributed by atoms with Crippen LogP contribution in [-0.4, -0.2) is 22.3 Å². The number of anilines is 2. The van der Waals surface area contributed by atoms with Crippen molar-refractivity contribution >= 4 is 22.2 Å². The van der Waals surface area contributed by atoms with Crippen molar-refractivity contribution in [3.8, 4) is 0 Å². The predicted molar refractivity (Wildman–Crippen MR) is 67.6 cm³/mol. The van der Waals surface area contributed by atoms with Crippen LogP contribution in [0.15, 0.2) is 18.2 Å². The van der Waals surface area contributed by atoms with E-state index in [0.29, 0.717) is 6.54 Å². The number of hydrogen-bond acceptors (Lipinski definition) is 3. The van der Waals surface area contributed by atoms with E-state index in [2.05, 4.69) is 5.32 Å². The van der Waals surface area contributed by atoms with Crippen molar-refractivity contribution in [1.29, 1.82) is 0 Å². The van der Waals surface area contributed by atoms with Crippen molar-refractivity contribution in [2.45, 2.75) is 19.1 Å². The van der Waals surface area contributed by atoms with Crippen molar-refractivity contribution < 1.29 is 4.21 Å². The smallest absolute Gasteiger partial charge is 0.0603 e. The summed E-state index contributed by atoms with van der Waals surface area (Å²) in [5.74, 6) is 0. The van der Waals surface area contributed by atoms with E-state index in [4.69, 9.17) is 5.73 Å². The van der Waals surface area contributed by atoms with Crippen molar-refractivity contribution in [1.82, 2.24) is 0 Å². The number of rotatable bonds is 4. The molecule has 0 aromatic heterocycles. The van der Waals surface area contributed by atoms with Crippen molar-refractivity contribution in [3.05, 3.63) is 23.8 Å². The summed E-state index contributed by atoms with van der Waals surface area (Å²) >= 11 is 0. The summed E-state index contributed by atoms with van der Waals surface area (Å²) in [6.07, 6.45) is 1.72. The average molecular weight is 226 g/mol. The Hall–Kier alpha value is -1.03. The maximum atomic E-state index is 11.2. The molecule has 84 valence electrons. The zero-order valence-corrected chi connectivity index (χ0v) is 10.2. The third-order valence-corrected chi connectivity index (χ3v) is 3.74. The molecule has 3 N–H and O–H groups in total. The van der Waals surface area contributed by atoms with Gasteiger partial charge in [0.15, 0.2) is 0 Å². The van der Waals surface area contributed by atoms with Gasteiger partial charge in [0.05, 0.1) is 11.4 Å². The predicted octanol–water partition coefficient (Wildman–Crippen LogP) is 1.76. The largest absolute Gasteiger partial charge is 0.397 e. The van der Waals surface area contributed by atoms with Crippen LogP contribution in [0.1, 0.15) is 12.5 Å². The second kappa shape index (κ2) is 5.16. The molecule has 2 atom stereocenters. The minimum absolute atomic E-state index is 0.129. The van der Waals surface area contributed by atoms with Gasteiger partial charge in [-0.2, -0.15) is 0 Å². The molecule has 2 unspecified atom stereocenters. The Morgan fingerprint density at radius 1 is 1.53 bits per heavy atom. The Morgan fingerprint density at radius 3 is 2.73 bits per heavy atom. The monoisotopic (exact) mass is 226 g/mol. The van der Waals surface area contributed by atoms with Crippen LogP contribution in [0.4, 0.5) is 11.4 Å². The minimum atomic E-state index is -0.801. The van der Waals surface area contributed by atoms with Gasteiger partial charge in [-0.1, -0.05) is 12.1 Å². The van der Waals surface area contributed by atoms with Crippen molar-refractivity contribution in [2.24, 2.45) is 0 Å². The molecule has 0 radical (unpaired) electrons. The summed E-state index contributed by atoms with van der Waals surface area (Å²) in [5.41, 5.74) is 8.65. The average Bonchev–Trinajstić information content (AvgIpc) is 2.16. The molecule has 1 aromatic carbocycles. The number of nitrogens with two attached hydrogens (primary N) is 1. The number of benzene rings is 1. The molecule has 1 aromatic rings. The summed E-state index contributed by atoms with van der Waals surface area (Å²) in [7, 11) is -0.801. The molecule has 0 aliphatic heterocycles. The molecule has 0 aliphatic carbocycles. The van der Waals surface area contributed by atoms with Gasteiger partial charge in [0.1, 0.15) is 0 Å². The first-order chi connectivity index (χ1) is 7.02. The Bertz CT molecular complexity index is 345. The van der Waals surface area contributed by atoms with Crippen LogP contribution in [0.3, 0.4) is 0 Å². The van der Waals surface area contributed by atoms with E-state index in [0.717, 1.165) is 16.9 Å². The van der Waals surface area contributed by atoms with E-state index in [9.17, 15) is 4.21 Å². The lowest BCUT2D eigenvalue weighted by molar-refractivity contribution is 0.679. The number of para-hydroxylation sites is 1. The topological polar surface area (TPSA) is 55.1 Å². The molecular formula is C11H18N2OS. The van der Waals surface area contributed by atoms with Crippen LogP contribution < -0.4 is 11.1 Å². The van der Waals surface area contributed by atoms with E-state index in [1.807, 2.05) is 32.0 Å². The van der Waals surface area contributed by atoms with Crippen molar-refractivity contribution in [3.63, 3.8) is 0 Å². The molecule has 15 heavy (non-hydrogen) atoms. The van der Waals surface area contributed by atoms with Gasteiger partial charge in [0.2, 0.25) is 0 Å². The summed E-state index contributed by atoms with van der Waals surface area (Å²) in [5, 5.41) is 3.37. The van der Waals surface area contributed by atoms with Gasteiger partial charge in [-0.3, -0.25) is 4.21 Å². The normalized spacial score (nSPS) is 14.6. The maximum Gasteiger partial charge on any atom is 0.0603 e. The highest BCUT2D eigenvalue weighted by Gasteiger charge is 2.07. The fourth-order valence-corrected chi connectivity index (χ4v) is 1.61. The lowest BCUT2D eigenvalue weighted by Gasteiger charge is -2.14. The first-order valence-electron chi connectivity index (χ1n) is 4.93. The molecule has 0 spiro atoms. The second-order valence-electron chi connectivity index (χ2n) is 3.73. The molecule has 0 fully saturated rings. The number of hydrogen-bond donors (Lipinski definition) is 2. The van der Waals surface area contributed by atoms with Crippen LogP contribution in [-0.2, 0) is 10.8 Å². The Morgan fingerprint density at radius 2 is 2.20 bits per heavy atom. The number of aryl methyl sites for hydroxylation is 1. The SMILES string of the molecule is Cc1cccc(N)c1NCC(C)S(C)=O. The molecule has 0 aliphatic rings. The molecule has 1 rings (SSSR count). The fraction of sp³-hybridized carbons (Fsp3) is 0.455. The Kier molecular flexibility index (Phi) is 4.15. The molecular weight excluding hydrogens is 208 g/mol. The summed E-state index contributed by atoms with van der Waals surface area (Å²) in [6, 6.07) is 5.80. The zero-order chi connectivity index (χ0) is 11.4. The van der Waals surface area contributed by atoms with Gasteiger partial charge in [-0.15, -0.1) is 0 Å². The lowest BCUT2D eigenvalue weighted by atomic mass is 10.1. The summed E-state index contributed by atoms with van der Waals surface area (Å²) in [4.78, 5) is 0. The molecule has 0 saturated carbocycles. The maximum absolute atomic E-state index is 11.2. The van der Waals surface area contributed by atoms with E-state index >= 15 is 0 Å². The highest BCUT2D eigenvalue weighted by atomic mass is 32.2. The first-order valence-corrected chi connectivity index (χ1v) is 6.55. The van der Waals surface area contributed by atoms with E-state index < -0.39 is 10.8 Å². The highest BCUT2D eigenvalue weighted by molar-refractivity contribution is 7.84. The summed E-state index contributed by atoms with van der Waals surface area (Å²) < 4.78 is 11.2. The van der Waals surface area contributed by atoms with Crippen LogP contribution in [0.5, 0.6) is 0 Å². The Balaban J connectivity index is 2.69. The number of nitrogens with one attached hydrogen (secondary N) is 1. The van der Waals surface area contributed by atoms with Gasteiger partial charge in [-0.25, -0.2) is 0 Å². The van der Waals surface area contributed by atoms with E-state index in [-0.39, 0.29) is 5.25 Å². The second-order valence-corrected chi connectivity index (χ2v) is 5.53. The van der Waals surface area contributed by atoms with Gasteiger partial charge < -0.3 is 11.1 Å². The fourth-order valence-electron chi connectivity index (χ4n) is 1.30. The summed E-state index contributed by atoms with van der Waals surface area (Å²) in [6.45, 7) is 4.64. The molecule has 0 heterocycles. The minimum Gasteiger partial charge on any atom is -0.397 e. The quantitative estimate of drug-likeness (QED) is 0.769. The Labute approximate surface area is 93.5 Å². The molecule has 0 amide bonds. The molecule has 3 nitrogen and oxygen atoms in total. The third kappa shape index (κ3) is 3.23. The first kappa shape index (κ1) is 12.0. The van der Waals surface area contributed by atoms with Crippen molar-refractivity contribution in [2.75, 3.05) is 23.9 Å². The third-order valence-electron chi connectivity index (χ3n) is 2.44. The van der Waals surface area contributed by atoms with Gasteiger partial charge in [-0.05, 0) is 25.5 Å². The highest BCUT2D eigenvalue weighted by Crippen LogP contribution is 2.22. The molecule has 0 saturated heterocycles. The van der Waals surface area contributed by atoms with Gasteiger partial charge in [0.25, 0.3) is 0 Å². The van der Waals surface area contributed by atoms with Crippen LogP contribution in [0.25, 0.3) is 0 Å². The molecule has 0 bridgehead atoms. The van der Waals surface area contributed by atoms with Crippen LogP contribution in [0, 0.1) is 6.92 Å². The van der Waals surface area contributed by atoms with E-state index in [1.165, 1.54) is 0 Å². The van der Waals surface area contributed by atoms with Crippen LogP contribution in [0.2, 0.25) is 0 Å². The molecule has 4 heteroatoms. The number of nitrogen functional groups attached to an aromatic ring is 1. The van der Waals surface area contributed by atoms with Gasteiger partial charge >= 0.3 is 0 Å². The lowest BCUT2D eigenvalue weighted by Crippen LogP contribution is -2.21. The van der Waals surface area contributed by atoms with E-state index in [1.54, 1.807) is 6.26 Å². The standard InChI is InChI=1S/C11H18N2OS/c1-8-5-4-6-10(12)11(8)13-7-9(2)15(3)14/h4-6,9,13H,7,12H2,1-3H3. The van der Waals surface area contributed by atoms with Crippen LogP contribution >= 0.6 is 0 Å². The van der Waals surface area contributed by atoms with Gasteiger partial charge in [0, 0.05) is 28.9 Å². The zero-order valence-electron chi connectivity index (χ0n) is 9.41.